The minimum Gasteiger partial charge on any atom is -0.480 e. The van der Waals surface area contributed by atoms with Crippen LogP contribution in [0.2, 0.25) is 0 Å². The van der Waals surface area contributed by atoms with Gasteiger partial charge in [0, 0.05) is 12.1 Å². The quantitative estimate of drug-likeness (QED) is 0.558. The van der Waals surface area contributed by atoms with Gasteiger partial charge < -0.3 is 10.4 Å². The predicted molar refractivity (Wildman–Crippen MR) is 95.6 cm³/mol. The molecule has 1 aromatic carbocycles. The molecule has 0 aliphatic heterocycles. The minimum absolute atomic E-state index is 0.0659. The molecule has 2 N–H and O–H groups in total. The third-order valence-corrected chi connectivity index (χ3v) is 3.82. The molecule has 10 nitrogen and oxygen atoms in total. The second-order valence-electron chi connectivity index (χ2n) is 7.29. The maximum atomic E-state index is 12.3. The van der Waals surface area contributed by atoms with E-state index in [9.17, 15) is 24.8 Å². The zero-order chi connectivity index (χ0) is 20.2. The SMILES string of the molecule is CC(C)(C)CCC(NC(=O)c1cn(-c2cccc([N+](=O)[O-])c2)nn1)C(=O)O. The number of hydrogen-bond donors (Lipinski definition) is 2. The summed E-state index contributed by atoms with van der Waals surface area (Å²) in [6.07, 6.45) is 2.19. The molecule has 0 bridgehead atoms. The van der Waals surface area contributed by atoms with Gasteiger partial charge in [0.15, 0.2) is 5.69 Å². The Hall–Kier alpha value is -3.30. The number of benzene rings is 1. The van der Waals surface area contributed by atoms with E-state index in [1.165, 1.54) is 29.1 Å². The molecule has 1 unspecified atom stereocenters. The molecule has 1 aromatic heterocycles. The second-order valence-corrected chi connectivity index (χ2v) is 7.29. The van der Waals surface area contributed by atoms with Crippen LogP contribution in [0.5, 0.6) is 0 Å². The van der Waals surface area contributed by atoms with Crippen molar-refractivity contribution >= 4 is 17.6 Å². The number of carbonyl (C=O) groups excluding carboxylic acids is 1. The van der Waals surface area contributed by atoms with Crippen molar-refractivity contribution in [1.29, 1.82) is 0 Å². The van der Waals surface area contributed by atoms with Crippen molar-refractivity contribution in [3.63, 3.8) is 0 Å². The molecule has 10 heteroatoms. The van der Waals surface area contributed by atoms with Gasteiger partial charge in [0.2, 0.25) is 0 Å². The Bertz CT molecular complexity index is 855. The summed E-state index contributed by atoms with van der Waals surface area (Å²) in [6.45, 7) is 5.95. The number of aliphatic carboxylic acids is 1. The topological polar surface area (TPSA) is 140 Å². The third-order valence-electron chi connectivity index (χ3n) is 3.82. The van der Waals surface area contributed by atoms with Crippen LogP contribution in [0.15, 0.2) is 30.5 Å². The summed E-state index contributed by atoms with van der Waals surface area (Å²) >= 11 is 0. The molecule has 2 aromatic rings. The molecule has 27 heavy (non-hydrogen) atoms. The largest absolute Gasteiger partial charge is 0.480 e. The number of non-ortho nitro benzene ring substituents is 1. The first kappa shape index (κ1) is 20.0. The average Bonchev–Trinajstić information content (AvgIpc) is 3.07. The highest BCUT2D eigenvalue weighted by Crippen LogP contribution is 2.22. The van der Waals surface area contributed by atoms with Crippen molar-refractivity contribution in [2.45, 2.75) is 39.7 Å². The van der Waals surface area contributed by atoms with Crippen molar-refractivity contribution in [3.05, 3.63) is 46.3 Å². The molecule has 0 aliphatic carbocycles. The van der Waals surface area contributed by atoms with Crippen LogP contribution in [0, 0.1) is 15.5 Å². The molecule has 1 heterocycles. The first-order valence-corrected chi connectivity index (χ1v) is 8.28. The zero-order valence-corrected chi connectivity index (χ0v) is 15.2. The van der Waals surface area contributed by atoms with Crippen LogP contribution in [0.25, 0.3) is 5.69 Å². The van der Waals surface area contributed by atoms with Crippen LogP contribution in [0.3, 0.4) is 0 Å². The van der Waals surface area contributed by atoms with E-state index in [4.69, 9.17) is 0 Å². The lowest BCUT2D eigenvalue weighted by molar-refractivity contribution is -0.384. The molecular formula is C17H21N5O5. The predicted octanol–water partition coefficient (Wildman–Crippen LogP) is 2.18. The summed E-state index contributed by atoms with van der Waals surface area (Å²) < 4.78 is 1.22. The summed E-state index contributed by atoms with van der Waals surface area (Å²) in [4.78, 5) is 34.0. The molecule has 0 aliphatic rings. The van der Waals surface area contributed by atoms with E-state index in [-0.39, 0.29) is 23.2 Å². The van der Waals surface area contributed by atoms with E-state index in [0.29, 0.717) is 12.1 Å². The van der Waals surface area contributed by atoms with E-state index in [0.717, 1.165) is 0 Å². The zero-order valence-electron chi connectivity index (χ0n) is 15.2. The van der Waals surface area contributed by atoms with Gasteiger partial charge in [-0.1, -0.05) is 32.1 Å². The highest BCUT2D eigenvalue weighted by Gasteiger charge is 2.24. The fourth-order valence-electron chi connectivity index (χ4n) is 2.31. The number of nitrogens with zero attached hydrogens (tertiary/aromatic N) is 4. The number of hydrogen-bond acceptors (Lipinski definition) is 6. The number of rotatable bonds is 7. The number of nitro benzene ring substituents is 1. The number of carboxylic acid groups (broad SMARTS) is 1. The number of nitro groups is 1. The Morgan fingerprint density at radius 3 is 2.67 bits per heavy atom. The Kier molecular flexibility index (Phi) is 5.88. The van der Waals surface area contributed by atoms with E-state index >= 15 is 0 Å². The third kappa shape index (κ3) is 5.59. The van der Waals surface area contributed by atoms with Gasteiger partial charge in [-0.2, -0.15) is 0 Å². The lowest BCUT2D eigenvalue weighted by Crippen LogP contribution is -2.41. The smallest absolute Gasteiger partial charge is 0.326 e. The van der Waals surface area contributed by atoms with Gasteiger partial charge in [0.05, 0.1) is 16.8 Å². The molecule has 2 rings (SSSR count). The van der Waals surface area contributed by atoms with E-state index < -0.39 is 22.8 Å². The lowest BCUT2D eigenvalue weighted by Gasteiger charge is -2.21. The summed E-state index contributed by atoms with van der Waals surface area (Å²) in [5, 5.41) is 30.1. The molecule has 1 atom stereocenters. The Balaban J connectivity index is 2.12. The molecule has 0 radical (unpaired) electrons. The number of carboxylic acids is 1. The summed E-state index contributed by atoms with van der Waals surface area (Å²) in [7, 11) is 0. The molecule has 1 amide bonds. The van der Waals surface area contributed by atoms with Crippen LogP contribution >= 0.6 is 0 Å². The van der Waals surface area contributed by atoms with Crippen molar-refractivity contribution in [2.75, 3.05) is 0 Å². The highest BCUT2D eigenvalue weighted by molar-refractivity contribution is 5.94. The summed E-state index contributed by atoms with van der Waals surface area (Å²) in [5.41, 5.74) is 0.0905. The Labute approximate surface area is 155 Å². The van der Waals surface area contributed by atoms with E-state index in [1.807, 2.05) is 20.8 Å². The number of amides is 1. The van der Waals surface area contributed by atoms with Crippen molar-refractivity contribution in [2.24, 2.45) is 5.41 Å². The van der Waals surface area contributed by atoms with Gasteiger partial charge in [0.1, 0.15) is 6.04 Å². The summed E-state index contributed by atoms with van der Waals surface area (Å²) in [5.74, 6) is -1.80. The van der Waals surface area contributed by atoms with E-state index in [2.05, 4.69) is 15.6 Å². The van der Waals surface area contributed by atoms with Gasteiger partial charge >= 0.3 is 5.97 Å². The van der Waals surface area contributed by atoms with Gasteiger partial charge in [-0.3, -0.25) is 14.9 Å². The number of carbonyl (C=O) groups is 2. The minimum atomic E-state index is -1.13. The van der Waals surface area contributed by atoms with Crippen LogP contribution in [-0.4, -0.2) is 42.9 Å². The fraction of sp³-hybridized carbons (Fsp3) is 0.412. The Morgan fingerprint density at radius 2 is 2.07 bits per heavy atom. The van der Waals surface area contributed by atoms with Gasteiger partial charge in [-0.15, -0.1) is 5.10 Å². The summed E-state index contributed by atoms with van der Waals surface area (Å²) in [6, 6.07) is 4.65. The second kappa shape index (κ2) is 7.94. The van der Waals surface area contributed by atoms with E-state index in [1.54, 1.807) is 6.07 Å². The molecule has 0 saturated heterocycles. The molecule has 0 saturated carbocycles. The lowest BCUT2D eigenvalue weighted by atomic mass is 9.88. The number of nitrogens with one attached hydrogen (secondary N) is 1. The van der Waals surface area contributed by atoms with Crippen molar-refractivity contribution in [3.8, 4) is 5.69 Å². The monoisotopic (exact) mass is 375 g/mol. The van der Waals surface area contributed by atoms with Gasteiger partial charge in [-0.25, -0.2) is 9.48 Å². The number of aromatic nitrogens is 3. The average molecular weight is 375 g/mol. The first-order chi connectivity index (χ1) is 12.6. The fourth-order valence-corrected chi connectivity index (χ4v) is 2.31. The van der Waals surface area contributed by atoms with Crippen LogP contribution in [-0.2, 0) is 4.79 Å². The molecular weight excluding hydrogens is 354 g/mol. The van der Waals surface area contributed by atoms with Gasteiger partial charge in [0.25, 0.3) is 11.6 Å². The molecule has 0 fully saturated rings. The maximum Gasteiger partial charge on any atom is 0.326 e. The normalized spacial score (nSPS) is 12.4. The molecule has 144 valence electrons. The Morgan fingerprint density at radius 1 is 1.37 bits per heavy atom. The van der Waals surface area contributed by atoms with Gasteiger partial charge in [-0.05, 0) is 24.3 Å². The van der Waals surface area contributed by atoms with Crippen molar-refractivity contribution < 1.29 is 19.6 Å². The van der Waals surface area contributed by atoms with Crippen LogP contribution in [0.1, 0.15) is 44.1 Å². The maximum absolute atomic E-state index is 12.3. The highest BCUT2D eigenvalue weighted by atomic mass is 16.6. The van der Waals surface area contributed by atoms with Crippen LogP contribution < -0.4 is 5.32 Å². The first-order valence-electron chi connectivity index (χ1n) is 8.28. The van der Waals surface area contributed by atoms with Crippen LogP contribution in [0.4, 0.5) is 5.69 Å². The van der Waals surface area contributed by atoms with Crippen molar-refractivity contribution in [1.82, 2.24) is 20.3 Å². The standard InChI is InChI=1S/C17H21N5O5/c1-17(2,3)8-7-13(16(24)25)18-15(23)14-10-21(20-19-14)11-5-4-6-12(9-11)22(26)27/h4-6,9-10,13H,7-8H2,1-3H3,(H,18,23)(H,24,25). The molecule has 0 spiro atoms.